The Kier molecular flexibility index (Phi) is 4.81. The highest BCUT2D eigenvalue weighted by atomic mass is 19.1. The van der Waals surface area contributed by atoms with E-state index in [2.05, 4.69) is 4.98 Å². The molecule has 1 aromatic heterocycles. The van der Waals surface area contributed by atoms with Gasteiger partial charge in [-0.2, -0.15) is 4.39 Å². The highest BCUT2D eigenvalue weighted by molar-refractivity contribution is 5.94. The number of pyridine rings is 1. The number of likely N-dealkylation sites (tertiary alicyclic amines) is 1. The van der Waals surface area contributed by atoms with Crippen molar-refractivity contribution in [3.8, 4) is 0 Å². The van der Waals surface area contributed by atoms with Crippen molar-refractivity contribution in [1.82, 2.24) is 9.88 Å². The lowest BCUT2D eigenvalue weighted by atomic mass is 10.1. The van der Waals surface area contributed by atoms with Crippen LogP contribution in [0.2, 0.25) is 0 Å². The summed E-state index contributed by atoms with van der Waals surface area (Å²) in [5, 5.41) is 8.68. The Balaban J connectivity index is 1.89. The standard InChI is InChI=1S/C13H17FN2O3/c14-12-9-10(1-4-15-12)13(18)16-5-2-11(3-6-16)19-8-7-17/h1,4,9,11,17H,2-3,5-8H2. The Bertz CT molecular complexity index is 434. The van der Waals surface area contributed by atoms with E-state index in [-0.39, 0.29) is 18.6 Å². The molecule has 1 saturated heterocycles. The fourth-order valence-corrected chi connectivity index (χ4v) is 2.16. The summed E-state index contributed by atoms with van der Waals surface area (Å²) >= 11 is 0. The molecule has 1 amide bonds. The van der Waals surface area contributed by atoms with Crippen molar-refractivity contribution in [1.29, 1.82) is 0 Å². The molecule has 0 aliphatic carbocycles. The molecule has 0 aromatic carbocycles. The quantitative estimate of drug-likeness (QED) is 0.822. The van der Waals surface area contributed by atoms with E-state index >= 15 is 0 Å². The molecule has 1 fully saturated rings. The average Bonchev–Trinajstić information content (AvgIpc) is 2.45. The van der Waals surface area contributed by atoms with E-state index in [0.717, 1.165) is 18.9 Å². The molecule has 2 rings (SSSR count). The third-order valence-corrected chi connectivity index (χ3v) is 3.15. The summed E-state index contributed by atoms with van der Waals surface area (Å²) in [6.07, 6.45) is 2.85. The predicted molar refractivity (Wildman–Crippen MR) is 66.2 cm³/mol. The second-order valence-corrected chi connectivity index (χ2v) is 4.45. The number of hydrogen-bond donors (Lipinski definition) is 1. The van der Waals surface area contributed by atoms with Crippen molar-refractivity contribution in [2.24, 2.45) is 0 Å². The van der Waals surface area contributed by atoms with Gasteiger partial charge >= 0.3 is 0 Å². The highest BCUT2D eigenvalue weighted by Gasteiger charge is 2.24. The number of aromatic nitrogens is 1. The summed E-state index contributed by atoms with van der Waals surface area (Å²) in [5.41, 5.74) is 0.322. The molecular weight excluding hydrogens is 251 g/mol. The first-order valence-corrected chi connectivity index (χ1v) is 6.34. The number of carbonyl (C=O) groups is 1. The molecule has 6 heteroatoms. The van der Waals surface area contributed by atoms with Gasteiger partial charge in [-0.3, -0.25) is 4.79 Å². The van der Waals surface area contributed by atoms with Gasteiger partial charge in [0.1, 0.15) is 0 Å². The maximum Gasteiger partial charge on any atom is 0.254 e. The van der Waals surface area contributed by atoms with Gasteiger partial charge < -0.3 is 14.7 Å². The second kappa shape index (κ2) is 6.58. The molecular formula is C13H17FN2O3. The highest BCUT2D eigenvalue weighted by Crippen LogP contribution is 2.16. The van der Waals surface area contributed by atoms with Crippen molar-refractivity contribution in [3.63, 3.8) is 0 Å². The molecule has 0 atom stereocenters. The number of nitrogens with zero attached hydrogens (tertiary/aromatic N) is 2. The number of rotatable bonds is 4. The average molecular weight is 268 g/mol. The normalized spacial score (nSPS) is 16.6. The molecule has 1 aromatic rings. The molecule has 0 saturated carbocycles. The van der Waals surface area contributed by atoms with Crippen molar-refractivity contribution >= 4 is 5.91 Å². The van der Waals surface area contributed by atoms with E-state index in [9.17, 15) is 9.18 Å². The number of amides is 1. The Morgan fingerprint density at radius 1 is 1.53 bits per heavy atom. The molecule has 0 unspecified atom stereocenters. The van der Waals surface area contributed by atoms with Crippen LogP contribution in [0.4, 0.5) is 4.39 Å². The van der Waals surface area contributed by atoms with Crippen LogP contribution in [0.25, 0.3) is 0 Å². The van der Waals surface area contributed by atoms with Crippen LogP contribution >= 0.6 is 0 Å². The van der Waals surface area contributed by atoms with Gasteiger partial charge in [0, 0.05) is 30.9 Å². The van der Waals surface area contributed by atoms with Crippen LogP contribution < -0.4 is 0 Å². The fourth-order valence-electron chi connectivity index (χ4n) is 2.16. The monoisotopic (exact) mass is 268 g/mol. The smallest absolute Gasteiger partial charge is 0.254 e. The maximum atomic E-state index is 13.0. The van der Waals surface area contributed by atoms with Crippen LogP contribution in [0.1, 0.15) is 23.2 Å². The van der Waals surface area contributed by atoms with Crippen LogP contribution in [0.5, 0.6) is 0 Å². The first-order valence-electron chi connectivity index (χ1n) is 6.34. The Labute approximate surface area is 111 Å². The largest absolute Gasteiger partial charge is 0.394 e. The summed E-state index contributed by atoms with van der Waals surface area (Å²) < 4.78 is 18.4. The lowest BCUT2D eigenvalue weighted by molar-refractivity contribution is -0.00555. The second-order valence-electron chi connectivity index (χ2n) is 4.45. The number of carbonyl (C=O) groups excluding carboxylic acids is 1. The number of hydrogen-bond acceptors (Lipinski definition) is 4. The lowest BCUT2D eigenvalue weighted by Crippen LogP contribution is -2.41. The first-order chi connectivity index (χ1) is 9.20. The van der Waals surface area contributed by atoms with Crippen molar-refractivity contribution in [2.45, 2.75) is 18.9 Å². The molecule has 1 N–H and O–H groups in total. The number of aliphatic hydroxyl groups excluding tert-OH is 1. The summed E-state index contributed by atoms with van der Waals surface area (Å²) in [7, 11) is 0. The van der Waals surface area contributed by atoms with Crippen LogP contribution in [0, 0.1) is 5.95 Å². The van der Waals surface area contributed by atoms with Crippen molar-refractivity contribution in [3.05, 3.63) is 29.8 Å². The molecule has 19 heavy (non-hydrogen) atoms. The van der Waals surface area contributed by atoms with Gasteiger partial charge in [-0.05, 0) is 18.9 Å². The topological polar surface area (TPSA) is 62.7 Å². The Morgan fingerprint density at radius 2 is 2.26 bits per heavy atom. The van der Waals surface area contributed by atoms with Gasteiger partial charge in [0.2, 0.25) is 5.95 Å². The lowest BCUT2D eigenvalue weighted by Gasteiger charge is -2.31. The van der Waals surface area contributed by atoms with Gasteiger partial charge in [-0.15, -0.1) is 0 Å². The van der Waals surface area contributed by atoms with Crippen LogP contribution in [0.3, 0.4) is 0 Å². The number of piperidine rings is 1. The van der Waals surface area contributed by atoms with Gasteiger partial charge in [0.15, 0.2) is 0 Å². The minimum absolute atomic E-state index is 0.00936. The predicted octanol–water partition coefficient (Wildman–Crippen LogP) is 0.834. The first kappa shape index (κ1) is 13.9. The third kappa shape index (κ3) is 3.71. The zero-order valence-corrected chi connectivity index (χ0v) is 10.6. The van der Waals surface area contributed by atoms with Crippen molar-refractivity contribution in [2.75, 3.05) is 26.3 Å². The number of halogens is 1. The molecule has 1 aliphatic heterocycles. The van der Waals surface area contributed by atoms with E-state index in [1.54, 1.807) is 4.90 Å². The van der Waals surface area contributed by atoms with Crippen LogP contribution in [-0.4, -0.2) is 53.3 Å². The number of ether oxygens (including phenoxy) is 1. The molecule has 0 radical (unpaired) electrons. The number of aliphatic hydroxyl groups is 1. The van der Waals surface area contributed by atoms with Gasteiger partial charge in [-0.25, -0.2) is 4.98 Å². The van der Waals surface area contributed by atoms with Gasteiger partial charge in [-0.1, -0.05) is 0 Å². The minimum Gasteiger partial charge on any atom is -0.394 e. The zero-order chi connectivity index (χ0) is 13.7. The summed E-state index contributed by atoms with van der Waals surface area (Å²) in [5.74, 6) is -0.825. The molecule has 1 aliphatic rings. The molecule has 0 spiro atoms. The Morgan fingerprint density at radius 3 is 2.89 bits per heavy atom. The SMILES string of the molecule is O=C(c1ccnc(F)c1)N1CCC(OCCO)CC1. The van der Waals surface area contributed by atoms with E-state index in [1.165, 1.54) is 12.3 Å². The van der Waals surface area contributed by atoms with E-state index in [4.69, 9.17) is 9.84 Å². The molecule has 5 nitrogen and oxygen atoms in total. The summed E-state index contributed by atoms with van der Waals surface area (Å²) in [6.45, 7) is 1.50. The molecule has 2 heterocycles. The van der Waals surface area contributed by atoms with E-state index in [0.29, 0.717) is 25.3 Å². The van der Waals surface area contributed by atoms with Gasteiger partial charge in [0.25, 0.3) is 5.91 Å². The van der Waals surface area contributed by atoms with E-state index in [1.807, 2.05) is 0 Å². The zero-order valence-electron chi connectivity index (χ0n) is 10.6. The molecule has 0 bridgehead atoms. The third-order valence-electron chi connectivity index (χ3n) is 3.15. The van der Waals surface area contributed by atoms with Crippen LogP contribution in [-0.2, 0) is 4.74 Å². The summed E-state index contributed by atoms with van der Waals surface area (Å²) in [4.78, 5) is 17.2. The van der Waals surface area contributed by atoms with E-state index < -0.39 is 5.95 Å². The minimum atomic E-state index is -0.646. The fraction of sp³-hybridized carbons (Fsp3) is 0.538. The molecule has 104 valence electrons. The summed E-state index contributed by atoms with van der Waals surface area (Å²) in [6, 6.07) is 2.66. The van der Waals surface area contributed by atoms with Gasteiger partial charge in [0.05, 0.1) is 19.3 Å². The maximum absolute atomic E-state index is 13.0. The van der Waals surface area contributed by atoms with Crippen molar-refractivity contribution < 1.29 is 19.0 Å². The Hall–Kier alpha value is -1.53. The van der Waals surface area contributed by atoms with Crippen LogP contribution in [0.15, 0.2) is 18.3 Å².